The topological polar surface area (TPSA) is 46.2 Å². The number of hydrogen-bond acceptors (Lipinski definition) is 3. The molecular weight excluding hydrogens is 314 g/mol. The molecule has 0 saturated heterocycles. The van der Waals surface area contributed by atoms with E-state index < -0.39 is 9.84 Å². The van der Waals surface area contributed by atoms with Crippen LogP contribution in [0.5, 0.6) is 0 Å². The highest BCUT2D eigenvalue weighted by atomic mass is 79.9. The maximum atomic E-state index is 11.1. The first kappa shape index (κ1) is 15.7. The number of nitrogens with one attached hydrogen (secondary N) is 1. The molecule has 3 nitrogen and oxygen atoms in total. The minimum Gasteiger partial charge on any atom is -0.313 e. The third kappa shape index (κ3) is 5.08. The molecule has 0 aliphatic rings. The maximum Gasteiger partial charge on any atom is 0.147 e. The Kier molecular flexibility index (Phi) is 5.82. The SMILES string of the molecule is CNC(CCCS(C)(=O)=O)c1ccc(Br)c(C)c1. The zero-order valence-electron chi connectivity index (χ0n) is 11.0. The molecule has 0 aliphatic carbocycles. The summed E-state index contributed by atoms with van der Waals surface area (Å²) in [6, 6.07) is 6.44. The highest BCUT2D eigenvalue weighted by molar-refractivity contribution is 9.10. The third-order valence-electron chi connectivity index (χ3n) is 2.94. The molecule has 0 saturated carbocycles. The quantitative estimate of drug-likeness (QED) is 0.870. The lowest BCUT2D eigenvalue weighted by Gasteiger charge is -2.17. The minimum atomic E-state index is -2.86. The third-order valence-corrected chi connectivity index (χ3v) is 4.86. The van der Waals surface area contributed by atoms with Crippen LogP contribution in [0.25, 0.3) is 0 Å². The van der Waals surface area contributed by atoms with Crippen LogP contribution in [0.15, 0.2) is 22.7 Å². The lowest BCUT2D eigenvalue weighted by atomic mass is 10.0. The Labute approximate surface area is 118 Å². The van der Waals surface area contributed by atoms with Crippen molar-refractivity contribution in [3.8, 4) is 0 Å². The summed E-state index contributed by atoms with van der Waals surface area (Å²) in [7, 11) is -0.955. The molecule has 0 heterocycles. The Balaban J connectivity index is 2.68. The van der Waals surface area contributed by atoms with E-state index in [9.17, 15) is 8.42 Å². The molecule has 102 valence electrons. The Bertz CT molecular complexity index is 500. The van der Waals surface area contributed by atoms with Crippen LogP contribution in [0.4, 0.5) is 0 Å². The maximum absolute atomic E-state index is 11.1. The first-order chi connectivity index (χ1) is 8.33. The number of halogens is 1. The molecule has 1 N–H and O–H groups in total. The number of rotatable bonds is 6. The first-order valence-corrected chi connectivity index (χ1v) is 8.80. The summed E-state index contributed by atoms with van der Waals surface area (Å²) >= 11 is 3.48. The number of hydrogen-bond donors (Lipinski definition) is 1. The van der Waals surface area contributed by atoms with Gasteiger partial charge in [-0.1, -0.05) is 28.1 Å². The number of sulfone groups is 1. The number of benzene rings is 1. The van der Waals surface area contributed by atoms with Crippen molar-refractivity contribution in [3.05, 3.63) is 33.8 Å². The summed E-state index contributed by atoms with van der Waals surface area (Å²) in [5.74, 6) is 0.251. The van der Waals surface area contributed by atoms with E-state index in [-0.39, 0.29) is 11.8 Å². The molecule has 5 heteroatoms. The lowest BCUT2D eigenvalue weighted by Crippen LogP contribution is -2.17. The second-order valence-corrected chi connectivity index (χ2v) is 7.74. The molecule has 0 radical (unpaired) electrons. The van der Waals surface area contributed by atoms with Crippen LogP contribution in [0.3, 0.4) is 0 Å². The molecule has 1 unspecified atom stereocenters. The van der Waals surface area contributed by atoms with Gasteiger partial charge < -0.3 is 5.32 Å². The van der Waals surface area contributed by atoms with Gasteiger partial charge in [-0.05, 0) is 44.0 Å². The van der Waals surface area contributed by atoms with Gasteiger partial charge in [-0.15, -0.1) is 0 Å². The summed E-state index contributed by atoms with van der Waals surface area (Å²) in [6.07, 6.45) is 2.79. The second-order valence-electron chi connectivity index (χ2n) is 4.62. The molecule has 1 aromatic carbocycles. The van der Waals surface area contributed by atoms with Crippen LogP contribution in [0, 0.1) is 6.92 Å². The van der Waals surface area contributed by atoms with Crippen LogP contribution >= 0.6 is 15.9 Å². The lowest BCUT2D eigenvalue weighted by molar-refractivity contribution is 0.536. The van der Waals surface area contributed by atoms with Crippen molar-refractivity contribution < 1.29 is 8.42 Å². The van der Waals surface area contributed by atoms with E-state index in [1.165, 1.54) is 17.4 Å². The van der Waals surface area contributed by atoms with Crippen LogP contribution in [0.2, 0.25) is 0 Å². The van der Waals surface area contributed by atoms with Crippen molar-refractivity contribution in [1.29, 1.82) is 0 Å². The molecule has 18 heavy (non-hydrogen) atoms. The van der Waals surface area contributed by atoms with E-state index in [1.807, 2.05) is 13.1 Å². The normalized spacial score (nSPS) is 13.6. The molecule has 0 aromatic heterocycles. The van der Waals surface area contributed by atoms with Crippen molar-refractivity contribution in [3.63, 3.8) is 0 Å². The van der Waals surface area contributed by atoms with Gasteiger partial charge in [0.15, 0.2) is 0 Å². The molecular formula is C13H20BrNO2S. The molecule has 0 spiro atoms. The van der Waals surface area contributed by atoms with Crippen LogP contribution < -0.4 is 5.32 Å². The van der Waals surface area contributed by atoms with Gasteiger partial charge in [0.05, 0.1) is 0 Å². The summed E-state index contributed by atoms with van der Waals surface area (Å²) < 4.78 is 23.3. The van der Waals surface area contributed by atoms with E-state index in [0.29, 0.717) is 6.42 Å². The Hall–Kier alpha value is -0.390. The zero-order valence-corrected chi connectivity index (χ0v) is 13.4. The first-order valence-electron chi connectivity index (χ1n) is 5.94. The zero-order chi connectivity index (χ0) is 13.8. The fraction of sp³-hybridized carbons (Fsp3) is 0.538. The van der Waals surface area contributed by atoms with Crippen molar-refractivity contribution >= 4 is 25.8 Å². The highest BCUT2D eigenvalue weighted by Crippen LogP contribution is 2.23. The summed E-state index contributed by atoms with van der Waals surface area (Å²) in [6.45, 7) is 2.05. The second kappa shape index (κ2) is 6.68. The predicted molar refractivity (Wildman–Crippen MR) is 79.6 cm³/mol. The molecule has 1 atom stereocenters. The smallest absolute Gasteiger partial charge is 0.147 e. The predicted octanol–water partition coefficient (Wildman–Crippen LogP) is 2.84. The van der Waals surface area contributed by atoms with Crippen molar-refractivity contribution in [1.82, 2.24) is 5.32 Å². The van der Waals surface area contributed by atoms with Gasteiger partial charge >= 0.3 is 0 Å². The van der Waals surface area contributed by atoms with Crippen molar-refractivity contribution in [2.75, 3.05) is 19.1 Å². The molecule has 0 fully saturated rings. The largest absolute Gasteiger partial charge is 0.313 e. The average Bonchev–Trinajstić information content (AvgIpc) is 2.27. The van der Waals surface area contributed by atoms with E-state index in [4.69, 9.17) is 0 Å². The van der Waals surface area contributed by atoms with E-state index in [1.54, 1.807) is 0 Å². The Morgan fingerprint density at radius 2 is 2.06 bits per heavy atom. The highest BCUT2D eigenvalue weighted by Gasteiger charge is 2.11. The van der Waals surface area contributed by atoms with E-state index in [0.717, 1.165) is 10.9 Å². The standard InChI is InChI=1S/C13H20BrNO2S/c1-10-9-11(6-7-12(10)14)13(15-2)5-4-8-18(3,16)17/h6-7,9,13,15H,4-5,8H2,1-3H3. The average molecular weight is 334 g/mol. The Morgan fingerprint density at radius 3 is 2.56 bits per heavy atom. The van der Waals surface area contributed by atoms with E-state index in [2.05, 4.69) is 40.3 Å². The Morgan fingerprint density at radius 1 is 1.39 bits per heavy atom. The molecule has 1 aromatic rings. The fourth-order valence-electron chi connectivity index (χ4n) is 1.91. The van der Waals surface area contributed by atoms with Gasteiger partial charge in [0.1, 0.15) is 9.84 Å². The summed E-state index contributed by atoms with van der Waals surface area (Å²) in [5, 5.41) is 3.24. The molecule has 0 bridgehead atoms. The van der Waals surface area contributed by atoms with Gasteiger partial charge in [-0.25, -0.2) is 8.42 Å². The van der Waals surface area contributed by atoms with Crippen molar-refractivity contribution in [2.45, 2.75) is 25.8 Å². The van der Waals surface area contributed by atoms with Gasteiger partial charge in [-0.2, -0.15) is 0 Å². The molecule has 0 amide bonds. The van der Waals surface area contributed by atoms with Crippen molar-refractivity contribution in [2.24, 2.45) is 0 Å². The minimum absolute atomic E-state index is 0.207. The van der Waals surface area contributed by atoms with Crippen LogP contribution in [0.1, 0.15) is 30.0 Å². The summed E-state index contributed by atoms with van der Waals surface area (Å²) in [4.78, 5) is 0. The van der Waals surface area contributed by atoms with E-state index >= 15 is 0 Å². The van der Waals surface area contributed by atoms with Crippen LogP contribution in [-0.4, -0.2) is 27.5 Å². The van der Waals surface area contributed by atoms with Gasteiger partial charge in [0.25, 0.3) is 0 Å². The fourth-order valence-corrected chi connectivity index (χ4v) is 2.85. The van der Waals surface area contributed by atoms with Gasteiger partial charge in [0, 0.05) is 22.5 Å². The monoisotopic (exact) mass is 333 g/mol. The van der Waals surface area contributed by atoms with Crippen LogP contribution in [-0.2, 0) is 9.84 Å². The molecule has 1 rings (SSSR count). The van der Waals surface area contributed by atoms with Gasteiger partial charge in [-0.3, -0.25) is 0 Å². The number of aryl methyl sites for hydroxylation is 1. The van der Waals surface area contributed by atoms with Gasteiger partial charge in [0.2, 0.25) is 0 Å². The summed E-state index contributed by atoms with van der Waals surface area (Å²) in [5.41, 5.74) is 2.39. The molecule has 0 aliphatic heterocycles.